The Morgan fingerprint density at radius 3 is 2.76 bits per heavy atom. The Labute approximate surface area is 103 Å². The van der Waals surface area contributed by atoms with E-state index < -0.39 is 0 Å². The fourth-order valence-electron chi connectivity index (χ4n) is 2.83. The standard InChI is InChI=1S/C14H21NO2/c1-15(10-13-6-5-9-17-13)11-14(12-16)7-3-2-4-8-14/h5-6,9,12H,2-4,7-8,10-11H2,1H3. The van der Waals surface area contributed by atoms with Crippen LogP contribution in [0.15, 0.2) is 22.8 Å². The van der Waals surface area contributed by atoms with Crippen molar-refractivity contribution in [2.45, 2.75) is 38.6 Å². The van der Waals surface area contributed by atoms with Gasteiger partial charge in [0.05, 0.1) is 12.8 Å². The van der Waals surface area contributed by atoms with E-state index in [1.165, 1.54) is 25.5 Å². The normalized spacial score (nSPS) is 19.4. The Balaban J connectivity index is 1.91. The first-order valence-corrected chi connectivity index (χ1v) is 6.41. The zero-order valence-corrected chi connectivity index (χ0v) is 10.5. The van der Waals surface area contributed by atoms with Crippen LogP contribution in [0.4, 0.5) is 0 Å². The van der Waals surface area contributed by atoms with Gasteiger partial charge in [0.1, 0.15) is 12.0 Å². The lowest BCUT2D eigenvalue weighted by molar-refractivity contribution is -0.119. The van der Waals surface area contributed by atoms with Gasteiger partial charge in [-0.05, 0) is 32.0 Å². The number of rotatable bonds is 5. The number of hydrogen-bond donors (Lipinski definition) is 0. The summed E-state index contributed by atoms with van der Waals surface area (Å²) in [5.74, 6) is 0.962. The van der Waals surface area contributed by atoms with E-state index in [1.807, 2.05) is 12.1 Å². The number of nitrogens with zero attached hydrogens (tertiary/aromatic N) is 1. The summed E-state index contributed by atoms with van der Waals surface area (Å²) in [5.41, 5.74) is -0.112. The smallest absolute Gasteiger partial charge is 0.127 e. The van der Waals surface area contributed by atoms with Crippen molar-refractivity contribution in [3.05, 3.63) is 24.2 Å². The molecule has 0 unspecified atom stereocenters. The van der Waals surface area contributed by atoms with Crippen molar-refractivity contribution in [2.75, 3.05) is 13.6 Å². The second-order valence-corrected chi connectivity index (χ2v) is 5.29. The molecule has 0 atom stereocenters. The third-order valence-corrected chi connectivity index (χ3v) is 3.69. The average Bonchev–Trinajstić information content (AvgIpc) is 2.83. The third-order valence-electron chi connectivity index (χ3n) is 3.69. The van der Waals surface area contributed by atoms with E-state index >= 15 is 0 Å². The van der Waals surface area contributed by atoms with Crippen molar-refractivity contribution in [1.29, 1.82) is 0 Å². The van der Waals surface area contributed by atoms with Crippen LogP contribution in [0.1, 0.15) is 37.9 Å². The molecule has 3 heteroatoms. The van der Waals surface area contributed by atoms with Gasteiger partial charge in [0.15, 0.2) is 0 Å². The molecule has 1 saturated carbocycles. The quantitative estimate of drug-likeness (QED) is 0.736. The molecule has 0 aromatic carbocycles. The van der Waals surface area contributed by atoms with Gasteiger partial charge in [0.2, 0.25) is 0 Å². The monoisotopic (exact) mass is 235 g/mol. The molecule has 0 aliphatic heterocycles. The maximum atomic E-state index is 11.4. The number of carbonyl (C=O) groups excluding carboxylic acids is 1. The van der Waals surface area contributed by atoms with Crippen LogP contribution in [-0.4, -0.2) is 24.8 Å². The van der Waals surface area contributed by atoms with Gasteiger partial charge in [-0.2, -0.15) is 0 Å². The molecule has 1 fully saturated rings. The van der Waals surface area contributed by atoms with E-state index in [1.54, 1.807) is 6.26 Å². The summed E-state index contributed by atoms with van der Waals surface area (Å²) in [6, 6.07) is 3.88. The summed E-state index contributed by atoms with van der Waals surface area (Å²) in [6.45, 7) is 1.62. The maximum absolute atomic E-state index is 11.4. The van der Waals surface area contributed by atoms with Crippen molar-refractivity contribution in [3.63, 3.8) is 0 Å². The highest BCUT2D eigenvalue weighted by Crippen LogP contribution is 2.35. The van der Waals surface area contributed by atoms with Gasteiger partial charge >= 0.3 is 0 Å². The van der Waals surface area contributed by atoms with Crippen molar-refractivity contribution >= 4 is 6.29 Å². The highest BCUT2D eigenvalue weighted by Gasteiger charge is 2.32. The van der Waals surface area contributed by atoms with Gasteiger partial charge in [0.25, 0.3) is 0 Å². The lowest BCUT2D eigenvalue weighted by atomic mass is 9.75. The number of hydrogen-bond acceptors (Lipinski definition) is 3. The van der Waals surface area contributed by atoms with E-state index in [-0.39, 0.29) is 5.41 Å². The van der Waals surface area contributed by atoms with Gasteiger partial charge in [0, 0.05) is 12.0 Å². The molecular weight excluding hydrogens is 214 g/mol. The summed E-state index contributed by atoms with van der Waals surface area (Å²) in [5, 5.41) is 0. The Morgan fingerprint density at radius 1 is 1.41 bits per heavy atom. The molecule has 0 N–H and O–H groups in total. The molecule has 0 spiro atoms. The predicted octanol–water partition coefficient (Wildman–Crippen LogP) is 2.86. The summed E-state index contributed by atoms with van der Waals surface area (Å²) in [7, 11) is 2.06. The van der Waals surface area contributed by atoms with Crippen LogP contribution in [-0.2, 0) is 11.3 Å². The van der Waals surface area contributed by atoms with E-state index in [0.717, 1.165) is 31.7 Å². The van der Waals surface area contributed by atoms with Crippen molar-refractivity contribution < 1.29 is 9.21 Å². The van der Waals surface area contributed by atoms with Crippen LogP contribution in [0, 0.1) is 5.41 Å². The molecule has 1 aromatic heterocycles. The predicted molar refractivity (Wildman–Crippen MR) is 66.6 cm³/mol. The fourth-order valence-corrected chi connectivity index (χ4v) is 2.83. The summed E-state index contributed by atoms with van der Waals surface area (Å²) in [6.07, 6.45) is 8.61. The highest BCUT2D eigenvalue weighted by atomic mass is 16.3. The zero-order chi connectivity index (χ0) is 12.1. The minimum Gasteiger partial charge on any atom is -0.468 e. The minimum atomic E-state index is -0.112. The second kappa shape index (κ2) is 5.50. The lowest BCUT2D eigenvalue weighted by Crippen LogP contribution is -2.38. The summed E-state index contributed by atoms with van der Waals surface area (Å²) in [4.78, 5) is 13.6. The number of carbonyl (C=O) groups is 1. The molecule has 1 aliphatic rings. The number of aldehydes is 1. The first-order chi connectivity index (χ1) is 8.24. The van der Waals surface area contributed by atoms with Crippen LogP contribution >= 0.6 is 0 Å². The van der Waals surface area contributed by atoms with Gasteiger partial charge in [-0.3, -0.25) is 4.90 Å². The maximum Gasteiger partial charge on any atom is 0.127 e. The van der Waals surface area contributed by atoms with Crippen LogP contribution in [0.5, 0.6) is 0 Å². The van der Waals surface area contributed by atoms with Crippen molar-refractivity contribution in [2.24, 2.45) is 5.41 Å². The molecule has 1 heterocycles. The van der Waals surface area contributed by atoms with Gasteiger partial charge in [-0.25, -0.2) is 0 Å². The summed E-state index contributed by atoms with van der Waals surface area (Å²) < 4.78 is 5.33. The van der Waals surface area contributed by atoms with E-state index in [9.17, 15) is 4.79 Å². The molecule has 17 heavy (non-hydrogen) atoms. The second-order valence-electron chi connectivity index (χ2n) is 5.29. The highest BCUT2D eigenvalue weighted by molar-refractivity contribution is 5.60. The largest absolute Gasteiger partial charge is 0.468 e. The summed E-state index contributed by atoms with van der Waals surface area (Å²) >= 11 is 0. The van der Waals surface area contributed by atoms with E-state index in [2.05, 4.69) is 11.9 Å². The molecule has 0 saturated heterocycles. The Bertz CT molecular complexity index is 339. The Morgan fingerprint density at radius 2 is 2.18 bits per heavy atom. The molecule has 0 amide bonds. The van der Waals surface area contributed by atoms with Crippen LogP contribution < -0.4 is 0 Å². The Kier molecular flexibility index (Phi) is 4.00. The van der Waals surface area contributed by atoms with Crippen LogP contribution in [0.25, 0.3) is 0 Å². The minimum absolute atomic E-state index is 0.112. The SMILES string of the molecule is CN(Cc1ccco1)CC1(C=O)CCCCC1. The zero-order valence-electron chi connectivity index (χ0n) is 10.5. The molecule has 2 rings (SSSR count). The van der Waals surface area contributed by atoms with Gasteiger partial charge < -0.3 is 9.21 Å². The average molecular weight is 235 g/mol. The topological polar surface area (TPSA) is 33.5 Å². The number of furan rings is 1. The van der Waals surface area contributed by atoms with E-state index in [4.69, 9.17) is 4.42 Å². The molecule has 0 bridgehead atoms. The van der Waals surface area contributed by atoms with Crippen molar-refractivity contribution in [1.82, 2.24) is 4.90 Å². The molecule has 3 nitrogen and oxygen atoms in total. The van der Waals surface area contributed by atoms with Crippen LogP contribution in [0.3, 0.4) is 0 Å². The molecule has 1 aromatic rings. The molecule has 94 valence electrons. The first kappa shape index (κ1) is 12.4. The van der Waals surface area contributed by atoms with E-state index in [0.29, 0.717) is 0 Å². The van der Waals surface area contributed by atoms with Gasteiger partial charge in [-0.15, -0.1) is 0 Å². The Hall–Kier alpha value is -1.09. The lowest BCUT2D eigenvalue weighted by Gasteiger charge is -2.35. The van der Waals surface area contributed by atoms with Crippen molar-refractivity contribution in [3.8, 4) is 0 Å². The first-order valence-electron chi connectivity index (χ1n) is 6.41. The molecular formula is C14H21NO2. The molecule has 0 radical (unpaired) electrons. The van der Waals surface area contributed by atoms with Crippen LogP contribution in [0.2, 0.25) is 0 Å². The third kappa shape index (κ3) is 3.19. The van der Waals surface area contributed by atoms with Gasteiger partial charge in [-0.1, -0.05) is 19.3 Å². The molecule has 1 aliphatic carbocycles. The fraction of sp³-hybridized carbons (Fsp3) is 0.643.